The quantitative estimate of drug-likeness (QED) is 0.637. The Hall–Kier alpha value is -1.84. The van der Waals surface area contributed by atoms with Crippen LogP contribution in [0.15, 0.2) is 30.3 Å². The molecule has 90 valence electrons. The number of hydrogen-bond acceptors (Lipinski definition) is 3. The van der Waals surface area contributed by atoms with E-state index in [9.17, 15) is 9.59 Å². The van der Waals surface area contributed by atoms with Crippen molar-refractivity contribution in [3.05, 3.63) is 35.9 Å². The molecule has 1 aromatic rings. The summed E-state index contributed by atoms with van der Waals surface area (Å²) in [5, 5.41) is 9.04. The summed E-state index contributed by atoms with van der Waals surface area (Å²) >= 11 is 0. The van der Waals surface area contributed by atoms with E-state index in [4.69, 9.17) is 9.84 Å². The van der Waals surface area contributed by atoms with Crippen LogP contribution in [0.2, 0.25) is 0 Å². The van der Waals surface area contributed by atoms with Gasteiger partial charge in [0, 0.05) is 0 Å². The van der Waals surface area contributed by atoms with Crippen molar-refractivity contribution in [3.63, 3.8) is 0 Å². The van der Waals surface area contributed by atoms with Gasteiger partial charge < -0.3 is 9.84 Å². The monoisotopic (exact) mass is 234 g/mol. The SMILES string of the molecule is CC1CC1(C(=O)O)C(=O)OCc1ccccc1. The number of ether oxygens (including phenoxy) is 1. The number of carbonyl (C=O) groups is 2. The molecule has 1 fully saturated rings. The van der Waals surface area contributed by atoms with E-state index < -0.39 is 17.4 Å². The number of aliphatic carboxylic acids is 1. The van der Waals surface area contributed by atoms with Crippen LogP contribution in [0.4, 0.5) is 0 Å². The molecule has 0 amide bonds. The van der Waals surface area contributed by atoms with E-state index in [1.807, 2.05) is 30.3 Å². The molecular weight excluding hydrogens is 220 g/mol. The van der Waals surface area contributed by atoms with Crippen molar-refractivity contribution >= 4 is 11.9 Å². The summed E-state index contributed by atoms with van der Waals surface area (Å²) in [7, 11) is 0. The van der Waals surface area contributed by atoms with Crippen molar-refractivity contribution in [2.24, 2.45) is 11.3 Å². The second-order valence-electron chi connectivity index (χ2n) is 4.44. The van der Waals surface area contributed by atoms with Gasteiger partial charge in [-0.25, -0.2) is 0 Å². The van der Waals surface area contributed by atoms with Crippen molar-refractivity contribution < 1.29 is 19.4 Å². The average Bonchev–Trinajstić information content (AvgIpc) is 3.01. The highest BCUT2D eigenvalue weighted by atomic mass is 16.5. The van der Waals surface area contributed by atoms with Crippen molar-refractivity contribution in [2.45, 2.75) is 20.0 Å². The molecular formula is C13H14O4. The topological polar surface area (TPSA) is 63.6 Å². The maximum absolute atomic E-state index is 11.7. The van der Waals surface area contributed by atoms with Crippen LogP contribution in [-0.4, -0.2) is 17.0 Å². The highest BCUT2D eigenvalue weighted by Crippen LogP contribution is 2.53. The van der Waals surface area contributed by atoms with Crippen LogP contribution in [0.25, 0.3) is 0 Å². The van der Waals surface area contributed by atoms with Gasteiger partial charge in [-0.2, -0.15) is 0 Å². The van der Waals surface area contributed by atoms with E-state index in [0.717, 1.165) is 5.56 Å². The minimum absolute atomic E-state index is 0.126. The lowest BCUT2D eigenvalue weighted by Crippen LogP contribution is -2.29. The molecule has 1 N–H and O–H groups in total. The van der Waals surface area contributed by atoms with Crippen molar-refractivity contribution in [1.82, 2.24) is 0 Å². The third-order valence-corrected chi connectivity index (χ3v) is 3.27. The first-order valence-corrected chi connectivity index (χ1v) is 5.52. The van der Waals surface area contributed by atoms with Gasteiger partial charge in [0.05, 0.1) is 0 Å². The van der Waals surface area contributed by atoms with E-state index in [0.29, 0.717) is 6.42 Å². The maximum Gasteiger partial charge on any atom is 0.324 e. The highest BCUT2D eigenvalue weighted by molar-refractivity contribution is 6.02. The summed E-state index contributed by atoms with van der Waals surface area (Å²) in [6, 6.07) is 9.22. The average molecular weight is 234 g/mol. The third kappa shape index (κ3) is 2.02. The first-order valence-electron chi connectivity index (χ1n) is 5.52. The Kier molecular flexibility index (Phi) is 2.88. The molecule has 0 aliphatic heterocycles. The van der Waals surface area contributed by atoms with E-state index in [1.165, 1.54) is 0 Å². The molecule has 1 aromatic carbocycles. The molecule has 2 unspecified atom stereocenters. The number of rotatable bonds is 4. The van der Waals surface area contributed by atoms with Crippen LogP contribution in [-0.2, 0) is 20.9 Å². The lowest BCUT2D eigenvalue weighted by atomic mass is 10.1. The zero-order valence-corrected chi connectivity index (χ0v) is 9.55. The van der Waals surface area contributed by atoms with Gasteiger partial charge in [0.25, 0.3) is 0 Å². The van der Waals surface area contributed by atoms with Gasteiger partial charge in [-0.1, -0.05) is 37.3 Å². The van der Waals surface area contributed by atoms with E-state index in [-0.39, 0.29) is 12.5 Å². The lowest BCUT2D eigenvalue weighted by molar-refractivity contribution is -0.162. The number of carboxylic acid groups (broad SMARTS) is 1. The molecule has 1 saturated carbocycles. The molecule has 4 heteroatoms. The van der Waals surface area contributed by atoms with Gasteiger partial charge in [-0.15, -0.1) is 0 Å². The molecule has 0 spiro atoms. The normalized spacial score (nSPS) is 26.3. The molecule has 2 atom stereocenters. The summed E-state index contributed by atoms with van der Waals surface area (Å²) in [6.07, 6.45) is 0.371. The zero-order chi connectivity index (χ0) is 12.5. The molecule has 0 heterocycles. The smallest absolute Gasteiger partial charge is 0.324 e. The lowest BCUT2D eigenvalue weighted by Gasteiger charge is -2.11. The van der Waals surface area contributed by atoms with Gasteiger partial charge in [0.1, 0.15) is 6.61 Å². The van der Waals surface area contributed by atoms with Gasteiger partial charge >= 0.3 is 11.9 Å². The van der Waals surface area contributed by atoms with Crippen molar-refractivity contribution in [2.75, 3.05) is 0 Å². The molecule has 1 aliphatic carbocycles. The van der Waals surface area contributed by atoms with E-state index in [1.54, 1.807) is 6.92 Å². The predicted octanol–water partition coefficient (Wildman–Crippen LogP) is 1.84. The van der Waals surface area contributed by atoms with Crippen LogP contribution < -0.4 is 0 Å². The largest absolute Gasteiger partial charge is 0.480 e. The van der Waals surface area contributed by atoms with E-state index in [2.05, 4.69) is 0 Å². The molecule has 4 nitrogen and oxygen atoms in total. The van der Waals surface area contributed by atoms with E-state index >= 15 is 0 Å². The predicted molar refractivity (Wildman–Crippen MR) is 60.1 cm³/mol. The fraction of sp³-hybridized carbons (Fsp3) is 0.385. The number of esters is 1. The third-order valence-electron chi connectivity index (χ3n) is 3.27. The molecule has 0 aromatic heterocycles. The molecule has 0 radical (unpaired) electrons. The minimum Gasteiger partial charge on any atom is -0.480 e. The van der Waals surface area contributed by atoms with Gasteiger partial charge in [0.15, 0.2) is 5.41 Å². The van der Waals surface area contributed by atoms with Gasteiger partial charge in [-0.3, -0.25) is 9.59 Å². The Bertz CT molecular complexity index is 440. The zero-order valence-electron chi connectivity index (χ0n) is 9.55. The fourth-order valence-electron chi connectivity index (χ4n) is 1.95. The summed E-state index contributed by atoms with van der Waals surface area (Å²) < 4.78 is 5.07. The van der Waals surface area contributed by atoms with Crippen LogP contribution in [0.5, 0.6) is 0 Å². The number of carbonyl (C=O) groups excluding carboxylic acids is 1. The Morgan fingerprint density at radius 2 is 2.00 bits per heavy atom. The Morgan fingerprint density at radius 3 is 2.47 bits per heavy atom. The first-order chi connectivity index (χ1) is 8.07. The molecule has 2 rings (SSSR count). The number of carboxylic acids is 1. The van der Waals surface area contributed by atoms with Crippen molar-refractivity contribution in [1.29, 1.82) is 0 Å². The fourth-order valence-corrected chi connectivity index (χ4v) is 1.95. The Morgan fingerprint density at radius 1 is 1.41 bits per heavy atom. The minimum atomic E-state index is -1.30. The van der Waals surface area contributed by atoms with Gasteiger partial charge in [-0.05, 0) is 17.9 Å². The van der Waals surface area contributed by atoms with Crippen LogP contribution >= 0.6 is 0 Å². The highest BCUT2D eigenvalue weighted by Gasteiger charge is 2.65. The van der Waals surface area contributed by atoms with Crippen LogP contribution in [0, 0.1) is 11.3 Å². The van der Waals surface area contributed by atoms with Crippen LogP contribution in [0.1, 0.15) is 18.9 Å². The number of benzene rings is 1. The molecule has 1 aliphatic rings. The summed E-state index contributed by atoms with van der Waals surface area (Å²) in [4.78, 5) is 22.8. The standard InChI is InChI=1S/C13H14O4/c1-9-7-13(9,11(14)15)12(16)17-8-10-5-3-2-4-6-10/h2-6,9H,7-8H2,1H3,(H,14,15). The second kappa shape index (κ2) is 4.20. The molecule has 17 heavy (non-hydrogen) atoms. The van der Waals surface area contributed by atoms with Gasteiger partial charge in [0.2, 0.25) is 0 Å². The Balaban J connectivity index is 1.97. The first kappa shape index (κ1) is 11.6. The summed E-state index contributed by atoms with van der Waals surface area (Å²) in [5.41, 5.74) is -0.441. The second-order valence-corrected chi connectivity index (χ2v) is 4.44. The summed E-state index contributed by atoms with van der Waals surface area (Å²) in [6.45, 7) is 1.87. The number of hydrogen-bond donors (Lipinski definition) is 1. The summed E-state index contributed by atoms with van der Waals surface area (Å²) in [5.74, 6) is -1.84. The van der Waals surface area contributed by atoms with Crippen LogP contribution in [0.3, 0.4) is 0 Å². The molecule has 0 saturated heterocycles. The van der Waals surface area contributed by atoms with Crippen molar-refractivity contribution in [3.8, 4) is 0 Å². The molecule has 0 bridgehead atoms. The maximum atomic E-state index is 11.7. The Labute approximate surface area is 99.2 Å².